The molecule has 0 amide bonds. The number of pyridine rings is 3. The van der Waals surface area contributed by atoms with Crippen LogP contribution in [0.25, 0.3) is 67.2 Å². The molecule has 0 atom stereocenters. The number of aromatic nitrogens is 3. The molecule has 0 bridgehead atoms. The van der Waals surface area contributed by atoms with Crippen molar-refractivity contribution < 1.29 is 34.3 Å². The van der Waals surface area contributed by atoms with Crippen LogP contribution in [0.15, 0.2) is 176 Å². The van der Waals surface area contributed by atoms with E-state index in [1.165, 1.54) is 50.7 Å². The summed E-state index contributed by atoms with van der Waals surface area (Å²) < 4.78 is 127. The summed E-state index contributed by atoms with van der Waals surface area (Å²) in [5.41, 5.74) is 17.4. The predicted molar refractivity (Wildman–Crippen MR) is 306 cm³/mol. The van der Waals surface area contributed by atoms with Gasteiger partial charge in [-0.15, -0.1) is 0 Å². The average Bonchev–Trinajstić information content (AvgIpc) is 0.903. The third kappa shape index (κ3) is 12.6. The maximum atomic E-state index is 8.57. The zero-order valence-corrected chi connectivity index (χ0v) is 44.0. The molecule has 0 radical (unpaired) electrons. The molecule has 0 aliphatic carbocycles. The summed E-state index contributed by atoms with van der Waals surface area (Å²) in [6.45, 7) is 12.2. The molecular formula is C69H78N3+3. The van der Waals surface area contributed by atoms with Crippen LogP contribution in [-0.4, -0.2) is 0 Å². The first-order valence-corrected chi connectivity index (χ1v) is 24.4. The lowest BCUT2D eigenvalue weighted by Crippen LogP contribution is -2.32. The highest BCUT2D eigenvalue weighted by Gasteiger charge is 2.21. The van der Waals surface area contributed by atoms with Crippen molar-refractivity contribution in [3.05, 3.63) is 232 Å². The van der Waals surface area contributed by atoms with Crippen molar-refractivity contribution in [3.8, 4) is 67.2 Å². The molecule has 3 nitrogen and oxygen atoms in total. The van der Waals surface area contributed by atoms with Crippen LogP contribution < -0.4 is 13.7 Å². The Kier molecular flexibility index (Phi) is 11.4. The fourth-order valence-corrected chi connectivity index (χ4v) is 9.22. The molecule has 366 valence electrons. The van der Waals surface area contributed by atoms with Gasteiger partial charge in [0, 0.05) is 65.3 Å². The first-order chi connectivity index (χ1) is 40.5. The summed E-state index contributed by atoms with van der Waals surface area (Å²) >= 11 is 0. The highest BCUT2D eigenvalue weighted by atomic mass is 14.9. The van der Waals surface area contributed by atoms with E-state index in [0.29, 0.717) is 39.1 Å². The van der Waals surface area contributed by atoms with Gasteiger partial charge in [0.25, 0.3) is 0 Å². The van der Waals surface area contributed by atoms with E-state index in [1.54, 1.807) is 49.0 Å². The number of rotatable bonds is 8. The van der Waals surface area contributed by atoms with Gasteiger partial charge in [0.1, 0.15) is 21.1 Å². The molecule has 0 spiro atoms. The van der Waals surface area contributed by atoms with Crippen LogP contribution in [-0.2, 0) is 33.9 Å². The third-order valence-electron chi connectivity index (χ3n) is 12.8. The quantitative estimate of drug-likeness (QED) is 0.135. The minimum Gasteiger partial charge on any atom is -0.201 e. The Morgan fingerprint density at radius 3 is 1.40 bits per heavy atom. The minimum absolute atomic E-state index is 0.0468. The van der Waals surface area contributed by atoms with Crippen LogP contribution in [0, 0.1) is 60.6 Å². The van der Waals surface area contributed by atoms with Crippen LogP contribution in [0.3, 0.4) is 0 Å². The first kappa shape index (κ1) is 35.8. The molecule has 9 aromatic rings. The SMILES string of the molecule is CCc1c[n+](C)c(-c2cc(-c3ccccc3)c(C)cc2C)cc1C.[2H]C([2H])([2H])c1cc(C)c(-c2ccc(C([2H])([2H])C(C)(C)C)c[n+]2C)cc1-c1ccccc1.[2H]c1c([2H])c([2H])c(-c2cc(-c3ccc(C([2H])[2H])c[n+]3C)c(C)cc2C([2H])([2H])[2H])c([2H])c1[2H]. The van der Waals surface area contributed by atoms with Gasteiger partial charge in [-0.05, 0) is 176 Å². The van der Waals surface area contributed by atoms with Crippen LogP contribution in [0.1, 0.15) is 104 Å². The molecular weight excluding hydrogens is 871 g/mol. The fourth-order valence-electron chi connectivity index (χ4n) is 9.22. The lowest BCUT2D eigenvalue weighted by atomic mass is 9.88. The fraction of sp³-hybridized carbons (Fsp3) is 0.261. The highest BCUT2D eigenvalue weighted by molar-refractivity contribution is 5.78. The minimum atomic E-state index is -2.57. The smallest absolute Gasteiger partial charge is 0.201 e. The van der Waals surface area contributed by atoms with Gasteiger partial charge >= 0.3 is 0 Å². The normalized spacial score (nSPS) is 14.7. The summed E-state index contributed by atoms with van der Waals surface area (Å²) in [4.78, 5) is 0. The van der Waals surface area contributed by atoms with E-state index >= 15 is 0 Å². The second kappa shape index (κ2) is 22.9. The molecule has 72 heavy (non-hydrogen) atoms. The summed E-state index contributed by atoms with van der Waals surface area (Å²) in [5, 5.41) is 0. The van der Waals surface area contributed by atoms with E-state index in [0.717, 1.165) is 28.8 Å². The molecule has 0 unspecified atom stereocenters. The van der Waals surface area contributed by atoms with Gasteiger partial charge < -0.3 is 0 Å². The second-order valence-corrected chi connectivity index (χ2v) is 19.7. The number of nitrogens with zero attached hydrogens (tertiary/aromatic N) is 3. The van der Waals surface area contributed by atoms with Gasteiger partial charge in [0.15, 0.2) is 18.6 Å². The Morgan fingerprint density at radius 2 is 0.917 bits per heavy atom. The molecule has 0 saturated heterocycles. The summed E-state index contributed by atoms with van der Waals surface area (Å²) in [6.07, 6.45) is 5.33. The molecule has 9 rings (SSSR count). The second-order valence-electron chi connectivity index (χ2n) is 19.7. The van der Waals surface area contributed by atoms with Crippen LogP contribution in [0.2, 0.25) is 0 Å². The van der Waals surface area contributed by atoms with Crippen molar-refractivity contribution in [1.82, 2.24) is 0 Å². The standard InChI is InChI=1S/C25H30N.C23H26N.C21H22N/c1-18-14-19(2)23(15-22(18)21-10-8-7-9-11-21)24-13-12-20(17-26(24)6)16-25(3,4)5;1-6-19-15-24(5)23(13-16(19)2)22-14-21(17(3)12-18(22)4)20-10-8-7-9-11-20;1-15-10-11-21(22(4)14-15)20-13-19(16(2)12-17(20)3)18-8-6-5-7-9-18/h7-15,17H,16H2,1-6H3;7-15H,6H2,1-5H3;5-14H,1-4H3/q3*+1/i1D3,16D2;;1D2,2D3,5D,6D,7D,8D,9D. The molecule has 3 heteroatoms. The molecule has 3 aromatic heterocycles. The molecule has 0 saturated carbocycles. The third-order valence-corrected chi connectivity index (χ3v) is 12.8. The number of benzene rings is 6. The largest absolute Gasteiger partial charge is 0.212 e. The van der Waals surface area contributed by atoms with Crippen LogP contribution in [0.4, 0.5) is 0 Å². The van der Waals surface area contributed by atoms with E-state index in [9.17, 15) is 0 Å². The van der Waals surface area contributed by atoms with Crippen molar-refractivity contribution >= 4 is 0 Å². The molecule has 0 aliphatic heterocycles. The summed E-state index contributed by atoms with van der Waals surface area (Å²) in [6, 6.07) is 38.5. The van der Waals surface area contributed by atoms with E-state index in [2.05, 4.69) is 94.0 Å². The maximum Gasteiger partial charge on any atom is 0.212 e. The predicted octanol–water partition coefficient (Wildman–Crippen LogP) is 16.2. The Bertz CT molecular complexity index is 3980. The summed E-state index contributed by atoms with van der Waals surface area (Å²) in [5.74, 6) is 0. The van der Waals surface area contributed by atoms with E-state index in [-0.39, 0.29) is 16.7 Å². The Balaban J connectivity index is 0.000000188. The number of hydrogen-bond acceptors (Lipinski definition) is 0. The highest BCUT2D eigenvalue weighted by Crippen LogP contribution is 2.34. The number of hydrogen-bond donors (Lipinski definition) is 0. The molecule has 6 aromatic carbocycles. The molecule has 0 aliphatic rings. The van der Waals surface area contributed by atoms with E-state index in [1.807, 2.05) is 94.0 Å². The van der Waals surface area contributed by atoms with Crippen molar-refractivity contribution in [2.45, 2.75) is 95.7 Å². The van der Waals surface area contributed by atoms with Gasteiger partial charge in [-0.3, -0.25) is 0 Å². The Morgan fingerprint density at radius 1 is 0.458 bits per heavy atom. The average molecular weight is 964 g/mol. The molecule has 0 fully saturated rings. The molecule has 0 N–H and O–H groups in total. The first-order valence-electron chi connectivity index (χ1n) is 32.1. The van der Waals surface area contributed by atoms with Crippen molar-refractivity contribution in [2.24, 2.45) is 26.6 Å². The summed E-state index contributed by atoms with van der Waals surface area (Å²) in [7, 11) is 5.79. The van der Waals surface area contributed by atoms with E-state index in [4.69, 9.17) is 20.6 Å². The monoisotopic (exact) mass is 964 g/mol. The van der Waals surface area contributed by atoms with Crippen molar-refractivity contribution in [3.63, 3.8) is 0 Å². The lowest BCUT2D eigenvalue weighted by molar-refractivity contribution is -0.661. The van der Waals surface area contributed by atoms with Crippen molar-refractivity contribution in [2.75, 3.05) is 0 Å². The topological polar surface area (TPSA) is 11.6 Å². The maximum absolute atomic E-state index is 8.57. The Hall–Kier alpha value is -7.23. The zero-order valence-electron chi connectivity index (χ0n) is 59.0. The Labute approximate surface area is 454 Å². The van der Waals surface area contributed by atoms with Gasteiger partial charge in [-0.25, -0.2) is 13.7 Å². The van der Waals surface area contributed by atoms with Crippen molar-refractivity contribution in [1.29, 1.82) is 0 Å². The van der Waals surface area contributed by atoms with Gasteiger partial charge in [0.05, 0.1) is 6.85 Å². The zero-order chi connectivity index (χ0) is 64.6. The molecule has 3 heterocycles. The van der Waals surface area contributed by atoms with Gasteiger partial charge in [-0.2, -0.15) is 0 Å². The van der Waals surface area contributed by atoms with E-state index < -0.39 is 62.6 Å². The van der Waals surface area contributed by atoms with Crippen LogP contribution in [0.5, 0.6) is 0 Å². The number of aryl methyl sites for hydroxylation is 12. The van der Waals surface area contributed by atoms with Crippen LogP contribution >= 0.6 is 0 Å². The lowest BCUT2D eigenvalue weighted by Gasteiger charge is -2.17. The van der Waals surface area contributed by atoms with Gasteiger partial charge in [-0.1, -0.05) is 137 Å². The van der Waals surface area contributed by atoms with Gasteiger partial charge in [0.2, 0.25) is 17.1 Å².